The van der Waals surface area contributed by atoms with E-state index in [4.69, 9.17) is 16.4 Å². The molecular weight excluding hydrogens is 176 g/mol. The van der Waals surface area contributed by atoms with E-state index in [1.807, 2.05) is 13.8 Å². The number of nitrogens with zero attached hydrogens (tertiary/aromatic N) is 1. The van der Waals surface area contributed by atoms with Crippen molar-refractivity contribution < 1.29 is 4.74 Å². The van der Waals surface area contributed by atoms with E-state index >= 15 is 0 Å². The molecule has 0 radical (unpaired) electrons. The lowest BCUT2D eigenvalue weighted by Crippen LogP contribution is -2.52. The number of hydrogen-bond acceptors (Lipinski definition) is 3. The first-order valence-corrected chi connectivity index (χ1v) is 4.87. The quantitative estimate of drug-likeness (QED) is 0.665. The highest BCUT2D eigenvalue weighted by Crippen LogP contribution is 2.27. The highest BCUT2D eigenvalue weighted by atomic mass is 16.5. The molecule has 1 aliphatic heterocycles. The number of rotatable bonds is 2. The Morgan fingerprint density at radius 3 is 2.50 bits per heavy atom. The highest BCUT2D eigenvalue weighted by molar-refractivity contribution is 5.12. The van der Waals surface area contributed by atoms with Gasteiger partial charge in [-0.05, 0) is 13.8 Å². The van der Waals surface area contributed by atoms with Crippen molar-refractivity contribution in [2.45, 2.75) is 44.4 Å². The van der Waals surface area contributed by atoms with Gasteiger partial charge in [0.15, 0.2) is 0 Å². The molecule has 1 aliphatic rings. The van der Waals surface area contributed by atoms with Crippen LogP contribution in [0.3, 0.4) is 0 Å². The second-order valence-corrected chi connectivity index (χ2v) is 3.92. The molecule has 0 aromatic rings. The Morgan fingerprint density at radius 1 is 1.50 bits per heavy atom. The third kappa shape index (κ3) is 2.48. The molecule has 76 valence electrons. The van der Waals surface area contributed by atoms with Crippen LogP contribution in [0.1, 0.15) is 26.7 Å². The normalized spacial score (nSPS) is 37.1. The first-order valence-electron chi connectivity index (χ1n) is 4.87. The van der Waals surface area contributed by atoms with Crippen LogP contribution < -0.4 is 5.32 Å². The van der Waals surface area contributed by atoms with Gasteiger partial charge in [0.1, 0.15) is 5.54 Å². The van der Waals surface area contributed by atoms with Crippen LogP contribution in [0.15, 0.2) is 0 Å². The zero-order valence-electron chi connectivity index (χ0n) is 8.71. The summed E-state index contributed by atoms with van der Waals surface area (Å²) in [5.41, 5.74) is -0.497. The fraction of sp³-hybridized carbons (Fsp3) is 0.727. The largest absolute Gasteiger partial charge is 0.375 e. The molecule has 0 aromatic heterocycles. The van der Waals surface area contributed by atoms with Crippen LogP contribution in [0, 0.1) is 23.7 Å². The van der Waals surface area contributed by atoms with Crippen LogP contribution in [0.4, 0.5) is 0 Å². The minimum atomic E-state index is -0.497. The second kappa shape index (κ2) is 4.46. The van der Waals surface area contributed by atoms with Crippen molar-refractivity contribution >= 4 is 0 Å². The summed E-state index contributed by atoms with van der Waals surface area (Å²) < 4.78 is 5.58. The third-order valence-electron chi connectivity index (χ3n) is 2.48. The van der Waals surface area contributed by atoms with Crippen LogP contribution in [0.5, 0.6) is 0 Å². The van der Waals surface area contributed by atoms with E-state index in [1.54, 1.807) is 0 Å². The zero-order valence-corrected chi connectivity index (χ0v) is 8.71. The molecule has 1 saturated heterocycles. The Morgan fingerprint density at radius 2 is 2.07 bits per heavy atom. The van der Waals surface area contributed by atoms with Crippen LogP contribution in [0.2, 0.25) is 0 Å². The molecule has 0 aromatic carbocycles. The molecule has 14 heavy (non-hydrogen) atoms. The maximum atomic E-state index is 9.17. The summed E-state index contributed by atoms with van der Waals surface area (Å²) in [7, 11) is 0. The van der Waals surface area contributed by atoms with Crippen molar-refractivity contribution in [1.29, 1.82) is 5.26 Å². The van der Waals surface area contributed by atoms with Gasteiger partial charge in [-0.3, -0.25) is 5.32 Å². The fourth-order valence-corrected chi connectivity index (χ4v) is 2.05. The van der Waals surface area contributed by atoms with Crippen molar-refractivity contribution in [3.63, 3.8) is 0 Å². The lowest BCUT2D eigenvalue weighted by molar-refractivity contribution is -0.0555. The third-order valence-corrected chi connectivity index (χ3v) is 2.48. The van der Waals surface area contributed by atoms with E-state index in [0.29, 0.717) is 19.4 Å². The number of nitrogens with one attached hydrogen (secondary N) is 1. The molecule has 1 rings (SSSR count). The number of terminal acetylenes is 1. The molecule has 2 unspecified atom stereocenters. The molecular formula is C11H16N2O. The minimum absolute atomic E-state index is 0.115. The Balaban J connectivity index is 2.69. The van der Waals surface area contributed by atoms with Gasteiger partial charge in [-0.2, -0.15) is 5.26 Å². The predicted molar refractivity (Wildman–Crippen MR) is 54.4 cm³/mol. The van der Waals surface area contributed by atoms with Gasteiger partial charge in [0.25, 0.3) is 0 Å². The van der Waals surface area contributed by atoms with E-state index in [2.05, 4.69) is 17.3 Å². The Labute approximate surface area is 85.4 Å². The van der Waals surface area contributed by atoms with Gasteiger partial charge in [-0.1, -0.05) is 5.92 Å². The maximum absolute atomic E-state index is 9.17. The van der Waals surface area contributed by atoms with Crippen molar-refractivity contribution in [1.82, 2.24) is 5.32 Å². The smallest absolute Gasteiger partial charge is 0.112 e. The van der Waals surface area contributed by atoms with Gasteiger partial charge in [0.05, 0.1) is 24.8 Å². The summed E-state index contributed by atoms with van der Waals surface area (Å²) in [6.45, 7) is 4.41. The number of ether oxygens (including phenoxy) is 1. The monoisotopic (exact) mass is 192 g/mol. The lowest BCUT2D eigenvalue weighted by Gasteiger charge is -2.38. The summed E-state index contributed by atoms with van der Waals surface area (Å²) >= 11 is 0. The summed E-state index contributed by atoms with van der Waals surface area (Å²) in [5, 5.41) is 12.3. The Bertz CT molecular complexity index is 264. The summed E-state index contributed by atoms with van der Waals surface area (Å²) in [6.07, 6.45) is 6.81. The van der Waals surface area contributed by atoms with E-state index in [-0.39, 0.29) is 12.2 Å². The molecule has 2 atom stereocenters. The number of hydrogen-bond donors (Lipinski definition) is 1. The standard InChI is InChI=1S/C11H16N2O/c1-4-5-13-11(8-12)6-9(2)14-10(3)7-11/h1,9-10,13H,5-7H2,2-3H3. The van der Waals surface area contributed by atoms with Crippen molar-refractivity contribution in [2.75, 3.05) is 6.54 Å². The molecule has 0 amide bonds. The van der Waals surface area contributed by atoms with E-state index in [0.717, 1.165) is 0 Å². The van der Waals surface area contributed by atoms with Crippen LogP contribution in [0.25, 0.3) is 0 Å². The average Bonchev–Trinajstić information content (AvgIpc) is 2.13. The topological polar surface area (TPSA) is 45.0 Å². The SMILES string of the molecule is C#CCNC1(C#N)CC(C)OC(C)C1. The molecule has 1 N–H and O–H groups in total. The van der Waals surface area contributed by atoms with Gasteiger partial charge in [0, 0.05) is 12.8 Å². The predicted octanol–water partition coefficient (Wildman–Crippen LogP) is 1.06. The van der Waals surface area contributed by atoms with Crippen molar-refractivity contribution in [2.24, 2.45) is 0 Å². The minimum Gasteiger partial charge on any atom is -0.375 e. The van der Waals surface area contributed by atoms with Gasteiger partial charge in [-0.15, -0.1) is 6.42 Å². The molecule has 1 heterocycles. The zero-order chi connectivity index (χ0) is 10.6. The highest BCUT2D eigenvalue weighted by Gasteiger charge is 2.38. The summed E-state index contributed by atoms with van der Waals surface area (Å²) in [6, 6.07) is 2.33. The molecule has 3 heteroatoms. The molecule has 0 saturated carbocycles. The van der Waals surface area contributed by atoms with Gasteiger partial charge >= 0.3 is 0 Å². The first-order chi connectivity index (χ1) is 6.62. The van der Waals surface area contributed by atoms with Crippen LogP contribution in [-0.2, 0) is 4.74 Å². The molecule has 1 fully saturated rings. The first kappa shape index (κ1) is 11.0. The van der Waals surface area contributed by atoms with Crippen molar-refractivity contribution in [3.05, 3.63) is 0 Å². The summed E-state index contributed by atoms with van der Waals surface area (Å²) in [4.78, 5) is 0. The second-order valence-electron chi connectivity index (χ2n) is 3.92. The van der Waals surface area contributed by atoms with E-state index in [1.165, 1.54) is 0 Å². The lowest BCUT2D eigenvalue weighted by atomic mass is 9.85. The van der Waals surface area contributed by atoms with Crippen LogP contribution in [-0.4, -0.2) is 24.3 Å². The van der Waals surface area contributed by atoms with E-state index in [9.17, 15) is 0 Å². The van der Waals surface area contributed by atoms with Gasteiger partial charge in [-0.25, -0.2) is 0 Å². The Kier molecular flexibility index (Phi) is 3.52. The van der Waals surface area contributed by atoms with Crippen LogP contribution >= 0.6 is 0 Å². The van der Waals surface area contributed by atoms with Crippen molar-refractivity contribution in [3.8, 4) is 18.4 Å². The van der Waals surface area contributed by atoms with Gasteiger partial charge < -0.3 is 4.74 Å². The van der Waals surface area contributed by atoms with E-state index < -0.39 is 5.54 Å². The average molecular weight is 192 g/mol. The van der Waals surface area contributed by atoms with Gasteiger partial charge in [0.2, 0.25) is 0 Å². The molecule has 3 nitrogen and oxygen atoms in total. The molecule has 0 aliphatic carbocycles. The molecule has 0 spiro atoms. The number of nitriles is 1. The summed E-state index contributed by atoms with van der Waals surface area (Å²) in [5.74, 6) is 2.50. The maximum Gasteiger partial charge on any atom is 0.112 e. The Hall–Kier alpha value is -1.03. The fourth-order valence-electron chi connectivity index (χ4n) is 2.05. The molecule has 0 bridgehead atoms.